The molecule has 1 saturated carbocycles. The number of hydrogen-bond acceptors (Lipinski definition) is 3. The summed E-state index contributed by atoms with van der Waals surface area (Å²) in [4.78, 5) is 0. The standard InChI is InChI=1S/C12H26N2O2S/c1-3-8-13-9-4-5-10-17(15,16)14-11(2)12-6-7-12/h11-14H,3-10H2,1-2H3. The first-order valence-electron chi connectivity index (χ1n) is 6.76. The van der Waals surface area contributed by atoms with Crippen LogP contribution in [0.5, 0.6) is 0 Å². The number of unbranched alkanes of at least 4 members (excludes halogenated alkanes) is 1. The van der Waals surface area contributed by atoms with E-state index in [1.165, 1.54) is 12.8 Å². The highest BCUT2D eigenvalue weighted by atomic mass is 32.2. The van der Waals surface area contributed by atoms with Crippen molar-refractivity contribution in [2.24, 2.45) is 5.92 Å². The van der Waals surface area contributed by atoms with Crippen molar-refractivity contribution in [1.29, 1.82) is 0 Å². The van der Waals surface area contributed by atoms with E-state index in [4.69, 9.17) is 0 Å². The van der Waals surface area contributed by atoms with E-state index < -0.39 is 10.0 Å². The van der Waals surface area contributed by atoms with Crippen molar-refractivity contribution in [2.45, 2.75) is 52.0 Å². The summed E-state index contributed by atoms with van der Waals surface area (Å²) < 4.78 is 26.2. The summed E-state index contributed by atoms with van der Waals surface area (Å²) in [5.74, 6) is 0.841. The monoisotopic (exact) mass is 262 g/mol. The van der Waals surface area contributed by atoms with Crippen LogP contribution in [0.2, 0.25) is 0 Å². The molecule has 0 aromatic carbocycles. The molecule has 0 heterocycles. The Hall–Kier alpha value is -0.130. The third kappa shape index (κ3) is 7.01. The predicted molar refractivity (Wildman–Crippen MR) is 71.5 cm³/mol. The minimum atomic E-state index is -3.06. The highest BCUT2D eigenvalue weighted by molar-refractivity contribution is 7.89. The van der Waals surface area contributed by atoms with Gasteiger partial charge in [-0.3, -0.25) is 0 Å². The molecule has 0 bridgehead atoms. The van der Waals surface area contributed by atoms with Gasteiger partial charge in [-0.15, -0.1) is 0 Å². The third-order valence-corrected chi connectivity index (χ3v) is 4.69. The van der Waals surface area contributed by atoms with Gasteiger partial charge in [-0.2, -0.15) is 0 Å². The lowest BCUT2D eigenvalue weighted by atomic mass is 10.2. The molecule has 1 unspecified atom stereocenters. The molecule has 17 heavy (non-hydrogen) atoms. The molecule has 4 nitrogen and oxygen atoms in total. The van der Waals surface area contributed by atoms with E-state index >= 15 is 0 Å². The van der Waals surface area contributed by atoms with Gasteiger partial charge in [0, 0.05) is 6.04 Å². The zero-order chi connectivity index (χ0) is 12.7. The normalized spacial score (nSPS) is 18.2. The number of hydrogen-bond donors (Lipinski definition) is 2. The highest BCUT2D eigenvalue weighted by Gasteiger charge is 2.30. The zero-order valence-corrected chi connectivity index (χ0v) is 11.9. The van der Waals surface area contributed by atoms with Gasteiger partial charge in [-0.1, -0.05) is 6.92 Å². The maximum Gasteiger partial charge on any atom is 0.211 e. The van der Waals surface area contributed by atoms with E-state index in [1.807, 2.05) is 6.92 Å². The molecule has 102 valence electrons. The smallest absolute Gasteiger partial charge is 0.211 e. The average molecular weight is 262 g/mol. The van der Waals surface area contributed by atoms with Gasteiger partial charge in [0.05, 0.1) is 5.75 Å². The summed E-state index contributed by atoms with van der Waals surface area (Å²) >= 11 is 0. The van der Waals surface area contributed by atoms with Crippen LogP contribution >= 0.6 is 0 Å². The number of nitrogens with one attached hydrogen (secondary N) is 2. The molecule has 1 atom stereocenters. The minimum absolute atomic E-state index is 0.123. The molecule has 0 radical (unpaired) electrons. The van der Waals surface area contributed by atoms with Gasteiger partial charge >= 0.3 is 0 Å². The molecular formula is C12H26N2O2S. The van der Waals surface area contributed by atoms with Gasteiger partial charge in [-0.05, 0) is 58.0 Å². The lowest BCUT2D eigenvalue weighted by molar-refractivity contribution is 0.534. The van der Waals surface area contributed by atoms with Gasteiger partial charge in [0.25, 0.3) is 0 Å². The average Bonchev–Trinajstić information content (AvgIpc) is 3.06. The Kier molecular flexibility index (Phi) is 6.44. The molecule has 1 rings (SSSR count). The molecule has 0 spiro atoms. The molecule has 5 heteroatoms. The van der Waals surface area contributed by atoms with E-state index in [1.54, 1.807) is 0 Å². The number of rotatable bonds is 10. The van der Waals surface area contributed by atoms with Gasteiger partial charge < -0.3 is 5.32 Å². The first-order chi connectivity index (χ1) is 8.05. The van der Waals surface area contributed by atoms with Crippen LogP contribution in [-0.4, -0.2) is 33.3 Å². The van der Waals surface area contributed by atoms with E-state index in [0.717, 1.165) is 32.4 Å². The zero-order valence-electron chi connectivity index (χ0n) is 11.0. The van der Waals surface area contributed by atoms with Crippen molar-refractivity contribution in [3.05, 3.63) is 0 Å². The first kappa shape index (κ1) is 14.9. The van der Waals surface area contributed by atoms with Crippen molar-refractivity contribution >= 4 is 10.0 Å². The van der Waals surface area contributed by atoms with Gasteiger partial charge in [-0.25, -0.2) is 13.1 Å². The largest absolute Gasteiger partial charge is 0.317 e. The second-order valence-corrected chi connectivity index (χ2v) is 6.89. The summed E-state index contributed by atoms with van der Waals surface area (Å²) in [6.45, 7) is 6.03. The van der Waals surface area contributed by atoms with Crippen molar-refractivity contribution in [3.63, 3.8) is 0 Å². The number of sulfonamides is 1. The Morgan fingerprint density at radius 2 is 1.94 bits per heavy atom. The summed E-state index contributed by atoms with van der Waals surface area (Å²) in [6.07, 6.45) is 5.14. The van der Waals surface area contributed by atoms with Gasteiger partial charge in [0.15, 0.2) is 0 Å². The molecular weight excluding hydrogens is 236 g/mol. The van der Waals surface area contributed by atoms with Crippen LogP contribution < -0.4 is 10.0 Å². The first-order valence-corrected chi connectivity index (χ1v) is 8.41. The SMILES string of the molecule is CCCNCCCCS(=O)(=O)NC(C)C1CC1. The Morgan fingerprint density at radius 3 is 2.53 bits per heavy atom. The van der Waals surface area contributed by atoms with Gasteiger partial charge in [0.1, 0.15) is 0 Å². The minimum Gasteiger partial charge on any atom is -0.317 e. The second-order valence-electron chi connectivity index (χ2n) is 5.02. The Bertz CT molecular complexity index is 300. The van der Waals surface area contributed by atoms with Crippen LogP contribution in [0.4, 0.5) is 0 Å². The predicted octanol–water partition coefficient (Wildman–Crippen LogP) is 1.48. The van der Waals surface area contributed by atoms with Gasteiger partial charge in [0.2, 0.25) is 10.0 Å². The summed E-state index contributed by atoms with van der Waals surface area (Å²) in [7, 11) is -3.06. The van der Waals surface area contributed by atoms with Crippen molar-refractivity contribution in [3.8, 4) is 0 Å². The fourth-order valence-electron chi connectivity index (χ4n) is 1.88. The molecule has 0 saturated heterocycles. The topological polar surface area (TPSA) is 58.2 Å². The summed E-state index contributed by atoms with van der Waals surface area (Å²) in [6, 6.07) is 0.123. The Labute approximate surface area is 106 Å². The van der Waals surface area contributed by atoms with Crippen LogP contribution in [-0.2, 0) is 10.0 Å². The second kappa shape index (κ2) is 7.34. The van der Waals surface area contributed by atoms with E-state index in [9.17, 15) is 8.42 Å². The van der Waals surface area contributed by atoms with Crippen LogP contribution in [0.25, 0.3) is 0 Å². The quantitative estimate of drug-likeness (QED) is 0.586. The molecule has 0 amide bonds. The summed E-state index contributed by atoms with van der Waals surface area (Å²) in [5, 5.41) is 3.28. The Morgan fingerprint density at radius 1 is 1.24 bits per heavy atom. The van der Waals surface area contributed by atoms with Crippen molar-refractivity contribution in [2.75, 3.05) is 18.8 Å². The van der Waals surface area contributed by atoms with E-state index in [2.05, 4.69) is 17.0 Å². The summed E-state index contributed by atoms with van der Waals surface area (Å²) in [5.41, 5.74) is 0. The van der Waals surface area contributed by atoms with Crippen LogP contribution in [0.15, 0.2) is 0 Å². The maximum atomic E-state index is 11.7. The lowest BCUT2D eigenvalue weighted by Crippen LogP contribution is -2.35. The fraction of sp³-hybridized carbons (Fsp3) is 1.00. The molecule has 1 aliphatic rings. The molecule has 1 aliphatic carbocycles. The van der Waals surface area contributed by atoms with Crippen molar-refractivity contribution < 1.29 is 8.42 Å². The molecule has 2 N–H and O–H groups in total. The lowest BCUT2D eigenvalue weighted by Gasteiger charge is -2.13. The van der Waals surface area contributed by atoms with Crippen LogP contribution in [0.1, 0.15) is 46.0 Å². The molecule has 0 aromatic rings. The van der Waals surface area contributed by atoms with E-state index in [0.29, 0.717) is 5.92 Å². The maximum absolute atomic E-state index is 11.7. The molecule has 1 fully saturated rings. The van der Waals surface area contributed by atoms with Crippen LogP contribution in [0.3, 0.4) is 0 Å². The van der Waals surface area contributed by atoms with E-state index in [-0.39, 0.29) is 11.8 Å². The fourth-order valence-corrected chi connectivity index (χ4v) is 3.34. The molecule has 0 aromatic heterocycles. The Balaban J connectivity index is 2.07. The highest BCUT2D eigenvalue weighted by Crippen LogP contribution is 2.32. The third-order valence-electron chi connectivity index (χ3n) is 3.14. The van der Waals surface area contributed by atoms with Crippen LogP contribution in [0, 0.1) is 5.92 Å². The molecule has 0 aliphatic heterocycles. The van der Waals surface area contributed by atoms with Crippen molar-refractivity contribution in [1.82, 2.24) is 10.0 Å².